The lowest BCUT2D eigenvalue weighted by atomic mass is 10.2. The summed E-state index contributed by atoms with van der Waals surface area (Å²) in [6, 6.07) is 9.14. The number of ether oxygens (including phenoxy) is 1. The predicted octanol–water partition coefficient (Wildman–Crippen LogP) is 2.81. The zero-order chi connectivity index (χ0) is 12.7. The van der Waals surface area contributed by atoms with Gasteiger partial charge < -0.3 is 10.1 Å². The second-order valence-corrected chi connectivity index (χ2v) is 3.75. The van der Waals surface area contributed by atoms with Crippen molar-refractivity contribution in [3.63, 3.8) is 0 Å². The number of hydrogen-bond donors (Lipinski definition) is 1. The number of alkyl carbamates (subject to hydrolysis) is 1. The van der Waals surface area contributed by atoms with Crippen LogP contribution in [-0.2, 0) is 11.3 Å². The minimum absolute atomic E-state index is 0.0920. The Labute approximate surface area is 98.8 Å². The predicted molar refractivity (Wildman–Crippen MR) is 59.8 cm³/mol. The molecule has 0 spiro atoms. The molecule has 0 saturated carbocycles. The second-order valence-electron chi connectivity index (χ2n) is 3.75. The average Bonchev–Trinajstić information content (AvgIpc) is 2.34. The van der Waals surface area contributed by atoms with Crippen molar-refractivity contribution >= 4 is 6.09 Å². The fourth-order valence-electron chi connectivity index (χ4n) is 1.11. The summed E-state index contributed by atoms with van der Waals surface area (Å²) in [6.07, 6.45) is -3.12. The number of benzene rings is 1. The van der Waals surface area contributed by atoms with Gasteiger partial charge in [-0.3, -0.25) is 0 Å². The maximum absolute atomic E-state index is 12.1. The van der Waals surface area contributed by atoms with Crippen LogP contribution in [0.3, 0.4) is 0 Å². The summed E-state index contributed by atoms with van der Waals surface area (Å²) in [4.78, 5) is 11.2. The summed E-state index contributed by atoms with van der Waals surface area (Å²) in [5, 5.41) is 2.29. The molecule has 0 aliphatic carbocycles. The van der Waals surface area contributed by atoms with Gasteiger partial charge in [-0.05, 0) is 5.56 Å². The van der Waals surface area contributed by atoms with Crippen molar-refractivity contribution in [2.45, 2.75) is 20.0 Å². The van der Waals surface area contributed by atoms with Crippen LogP contribution in [0, 0.1) is 5.92 Å². The molecule has 0 aliphatic heterocycles. The Kier molecular flexibility index (Phi) is 5.39. The molecule has 0 radical (unpaired) electrons. The molecule has 1 amide bonds. The van der Waals surface area contributed by atoms with Gasteiger partial charge in [0.2, 0.25) is 6.43 Å². The molecule has 3 nitrogen and oxygen atoms in total. The molecular formula is C12H15F2NO2. The molecule has 0 aromatic heterocycles. The highest BCUT2D eigenvalue weighted by Crippen LogP contribution is 2.07. The fraction of sp³-hybridized carbons (Fsp3) is 0.417. The quantitative estimate of drug-likeness (QED) is 0.863. The minimum atomic E-state index is -2.44. The summed E-state index contributed by atoms with van der Waals surface area (Å²) in [7, 11) is 0. The van der Waals surface area contributed by atoms with Crippen molar-refractivity contribution in [2.24, 2.45) is 5.92 Å². The number of carbonyl (C=O) groups is 1. The third-order valence-corrected chi connectivity index (χ3v) is 2.21. The van der Waals surface area contributed by atoms with E-state index in [2.05, 4.69) is 5.32 Å². The second kappa shape index (κ2) is 6.83. The summed E-state index contributed by atoms with van der Waals surface area (Å²) in [6.45, 7) is 1.41. The van der Waals surface area contributed by atoms with Gasteiger partial charge in [-0.25, -0.2) is 13.6 Å². The van der Waals surface area contributed by atoms with Crippen LogP contribution in [0.5, 0.6) is 0 Å². The van der Waals surface area contributed by atoms with Gasteiger partial charge in [-0.15, -0.1) is 0 Å². The molecule has 1 atom stereocenters. The number of alkyl halides is 2. The van der Waals surface area contributed by atoms with Gasteiger partial charge in [0.25, 0.3) is 0 Å². The molecule has 0 heterocycles. The van der Waals surface area contributed by atoms with Crippen LogP contribution in [0.1, 0.15) is 12.5 Å². The van der Waals surface area contributed by atoms with E-state index in [1.54, 1.807) is 0 Å². The van der Waals surface area contributed by atoms with Crippen LogP contribution in [0.4, 0.5) is 13.6 Å². The van der Waals surface area contributed by atoms with Crippen LogP contribution < -0.4 is 5.32 Å². The lowest BCUT2D eigenvalue weighted by Crippen LogP contribution is -2.31. The van der Waals surface area contributed by atoms with E-state index >= 15 is 0 Å². The van der Waals surface area contributed by atoms with Gasteiger partial charge in [-0.2, -0.15) is 0 Å². The first kappa shape index (κ1) is 13.4. The highest BCUT2D eigenvalue weighted by atomic mass is 19.3. The van der Waals surface area contributed by atoms with E-state index < -0.39 is 18.4 Å². The molecule has 1 aromatic carbocycles. The van der Waals surface area contributed by atoms with E-state index in [4.69, 9.17) is 4.74 Å². The number of hydrogen-bond acceptors (Lipinski definition) is 2. The topological polar surface area (TPSA) is 38.3 Å². The molecule has 1 rings (SSSR count). The number of rotatable bonds is 5. The number of nitrogens with one attached hydrogen (secondary N) is 1. The van der Waals surface area contributed by atoms with Crippen molar-refractivity contribution < 1.29 is 18.3 Å². The van der Waals surface area contributed by atoms with Crippen LogP contribution in [0.25, 0.3) is 0 Å². The Morgan fingerprint density at radius 2 is 2.00 bits per heavy atom. The Hall–Kier alpha value is -1.65. The molecule has 0 saturated heterocycles. The summed E-state index contributed by atoms with van der Waals surface area (Å²) >= 11 is 0. The standard InChI is InChI=1S/C12H15F2NO2/c1-9(11(13)14)7-15-12(16)17-8-10-5-3-2-4-6-10/h2-6,9,11H,7-8H2,1H3,(H,15,16). The lowest BCUT2D eigenvalue weighted by Gasteiger charge is -2.11. The first-order chi connectivity index (χ1) is 8.09. The molecule has 0 fully saturated rings. The van der Waals surface area contributed by atoms with E-state index in [1.807, 2.05) is 30.3 Å². The summed E-state index contributed by atoms with van der Waals surface area (Å²) in [5.41, 5.74) is 0.851. The molecule has 0 aliphatic rings. The maximum atomic E-state index is 12.1. The van der Waals surface area contributed by atoms with Gasteiger partial charge in [0.1, 0.15) is 6.61 Å². The van der Waals surface area contributed by atoms with Crippen LogP contribution in [0.15, 0.2) is 30.3 Å². The van der Waals surface area contributed by atoms with Gasteiger partial charge in [0.15, 0.2) is 0 Å². The molecule has 1 unspecified atom stereocenters. The molecule has 17 heavy (non-hydrogen) atoms. The maximum Gasteiger partial charge on any atom is 0.407 e. The largest absolute Gasteiger partial charge is 0.445 e. The molecular weight excluding hydrogens is 228 g/mol. The van der Waals surface area contributed by atoms with Crippen molar-refractivity contribution in [3.8, 4) is 0 Å². The van der Waals surface area contributed by atoms with E-state index in [0.717, 1.165) is 5.56 Å². The van der Waals surface area contributed by atoms with Gasteiger partial charge >= 0.3 is 6.09 Å². The molecule has 94 valence electrons. The van der Waals surface area contributed by atoms with Crippen LogP contribution in [-0.4, -0.2) is 19.1 Å². The molecule has 0 bridgehead atoms. The smallest absolute Gasteiger partial charge is 0.407 e. The molecule has 5 heteroatoms. The first-order valence-electron chi connectivity index (χ1n) is 5.32. The number of halogens is 2. The van der Waals surface area contributed by atoms with Crippen LogP contribution >= 0.6 is 0 Å². The molecule has 1 aromatic rings. The van der Waals surface area contributed by atoms with Gasteiger partial charge in [0, 0.05) is 12.5 Å². The third-order valence-electron chi connectivity index (χ3n) is 2.21. The number of carbonyl (C=O) groups excluding carboxylic acids is 1. The first-order valence-corrected chi connectivity index (χ1v) is 5.32. The van der Waals surface area contributed by atoms with Gasteiger partial charge in [0.05, 0.1) is 0 Å². The zero-order valence-corrected chi connectivity index (χ0v) is 9.53. The van der Waals surface area contributed by atoms with E-state index in [0.29, 0.717) is 0 Å². The Balaban J connectivity index is 2.22. The Morgan fingerprint density at radius 1 is 1.35 bits per heavy atom. The zero-order valence-electron chi connectivity index (χ0n) is 9.53. The normalized spacial score (nSPS) is 12.2. The van der Waals surface area contributed by atoms with Crippen LogP contribution in [0.2, 0.25) is 0 Å². The van der Waals surface area contributed by atoms with Crippen molar-refractivity contribution in [3.05, 3.63) is 35.9 Å². The number of amides is 1. The van der Waals surface area contributed by atoms with Gasteiger partial charge in [-0.1, -0.05) is 37.3 Å². The monoisotopic (exact) mass is 243 g/mol. The van der Waals surface area contributed by atoms with E-state index in [-0.39, 0.29) is 13.2 Å². The van der Waals surface area contributed by atoms with Crippen molar-refractivity contribution in [1.29, 1.82) is 0 Å². The molecule has 1 N–H and O–H groups in total. The highest BCUT2D eigenvalue weighted by molar-refractivity contribution is 5.67. The lowest BCUT2D eigenvalue weighted by molar-refractivity contribution is 0.0826. The average molecular weight is 243 g/mol. The van der Waals surface area contributed by atoms with Crippen molar-refractivity contribution in [1.82, 2.24) is 5.32 Å². The SMILES string of the molecule is CC(CNC(=O)OCc1ccccc1)C(F)F. The summed E-state index contributed by atoms with van der Waals surface area (Å²) in [5.74, 6) is -0.876. The Bertz CT molecular complexity index is 344. The van der Waals surface area contributed by atoms with E-state index in [1.165, 1.54) is 6.92 Å². The highest BCUT2D eigenvalue weighted by Gasteiger charge is 2.15. The van der Waals surface area contributed by atoms with Crippen molar-refractivity contribution in [2.75, 3.05) is 6.54 Å². The summed E-state index contributed by atoms with van der Waals surface area (Å²) < 4.78 is 29.1. The third kappa shape index (κ3) is 5.29. The minimum Gasteiger partial charge on any atom is -0.445 e. The Morgan fingerprint density at radius 3 is 2.59 bits per heavy atom. The van der Waals surface area contributed by atoms with E-state index in [9.17, 15) is 13.6 Å². The fourth-order valence-corrected chi connectivity index (χ4v) is 1.11.